The van der Waals surface area contributed by atoms with Gasteiger partial charge in [-0.2, -0.15) is 0 Å². The number of hydrogen-bond acceptors (Lipinski definition) is 10. The van der Waals surface area contributed by atoms with E-state index in [4.69, 9.17) is 29.4 Å². The number of rotatable bonds is 15. The Morgan fingerprint density at radius 3 is 2.39 bits per heavy atom. The molecule has 1 aliphatic rings. The van der Waals surface area contributed by atoms with E-state index < -0.39 is 5.69 Å². The lowest BCUT2D eigenvalue weighted by molar-refractivity contribution is -0.129. The van der Waals surface area contributed by atoms with Crippen molar-refractivity contribution in [1.82, 2.24) is 14.9 Å². The van der Waals surface area contributed by atoms with Crippen LogP contribution in [0.4, 0.5) is 0 Å². The van der Waals surface area contributed by atoms with E-state index in [1.165, 1.54) is 23.5 Å². The highest BCUT2D eigenvalue weighted by atomic mass is 32.2. The largest absolute Gasteiger partial charge is 0.497 e. The van der Waals surface area contributed by atoms with E-state index in [-0.39, 0.29) is 5.91 Å². The topological polar surface area (TPSA) is 138 Å². The highest BCUT2D eigenvalue weighted by molar-refractivity contribution is 7.99. The number of nitrogens with one attached hydrogen (secondary N) is 1. The minimum absolute atomic E-state index is 0.0681. The van der Waals surface area contributed by atoms with Crippen molar-refractivity contribution < 1.29 is 28.5 Å². The third-order valence-electron chi connectivity index (χ3n) is 5.51. The smallest absolute Gasteiger partial charge is 0.345 e. The van der Waals surface area contributed by atoms with Crippen LogP contribution in [0.15, 0.2) is 34.2 Å². The number of ether oxygens (including phenoxy) is 5. The first-order valence-corrected chi connectivity index (χ1v) is 13.5. The number of thioether (sulfide) groups is 1. The first-order chi connectivity index (χ1) is 18.5. The molecule has 0 spiro atoms. The molecule has 38 heavy (non-hydrogen) atoms. The second-order valence-electron chi connectivity index (χ2n) is 8.31. The van der Waals surface area contributed by atoms with Gasteiger partial charge in [0.1, 0.15) is 5.75 Å². The number of nitrogens with zero attached hydrogens (tertiary/aromatic N) is 2. The van der Waals surface area contributed by atoms with Crippen LogP contribution in [0, 0.1) is 6.92 Å². The predicted octanol–water partition coefficient (Wildman–Crippen LogP) is 1.41. The molecule has 1 aromatic heterocycles. The number of carbonyl (C=O) groups is 1. The Hall–Kier alpha value is -2.48. The van der Waals surface area contributed by atoms with Gasteiger partial charge < -0.3 is 39.3 Å². The Bertz CT molecular complexity index is 1010. The minimum Gasteiger partial charge on any atom is -0.497 e. The molecule has 12 heteroatoms. The number of nitrogens with two attached hydrogens (primary N) is 1. The molecule has 0 fully saturated rings. The van der Waals surface area contributed by atoms with Crippen LogP contribution in [-0.2, 0) is 36.7 Å². The van der Waals surface area contributed by atoms with Crippen LogP contribution >= 0.6 is 11.8 Å². The standard InChI is InChI=1S/C17H19N3O3S.C9H21NO4/c1-11-8-18-17(22)19-16(11)24-10-15(21)20-6-5-12-7-14(23-2)4-3-13(12)9-20;1-11-4-5-13-8-9-14-7-6-12-3-2-10/h3-4,7-8H,5-6,9-10H2,1-2H3,(H,18,19,22);2-10H2,1H3. The van der Waals surface area contributed by atoms with Gasteiger partial charge in [0.25, 0.3) is 0 Å². The molecule has 3 N–H and O–H groups in total. The van der Waals surface area contributed by atoms with E-state index in [2.05, 4.69) is 9.97 Å². The van der Waals surface area contributed by atoms with Gasteiger partial charge in [0, 0.05) is 32.9 Å². The van der Waals surface area contributed by atoms with Gasteiger partial charge in [0.15, 0.2) is 0 Å². The van der Waals surface area contributed by atoms with Crippen molar-refractivity contribution in [3.8, 4) is 5.75 Å². The number of H-pyrrole nitrogens is 1. The number of hydrogen-bond donors (Lipinski definition) is 2. The molecule has 2 aromatic rings. The van der Waals surface area contributed by atoms with Crippen LogP contribution in [-0.4, -0.2) is 100 Å². The van der Waals surface area contributed by atoms with E-state index >= 15 is 0 Å². The van der Waals surface area contributed by atoms with Crippen LogP contribution in [0.5, 0.6) is 5.75 Å². The second-order valence-corrected chi connectivity index (χ2v) is 9.29. The maximum atomic E-state index is 12.5. The Morgan fingerprint density at radius 1 is 1.05 bits per heavy atom. The van der Waals surface area contributed by atoms with Gasteiger partial charge in [-0.05, 0) is 42.2 Å². The molecule has 3 rings (SSSR count). The maximum Gasteiger partial charge on any atom is 0.345 e. The van der Waals surface area contributed by atoms with Crippen molar-refractivity contribution in [3.63, 3.8) is 0 Å². The van der Waals surface area contributed by atoms with Crippen LogP contribution < -0.4 is 16.2 Å². The highest BCUT2D eigenvalue weighted by Gasteiger charge is 2.21. The van der Waals surface area contributed by atoms with Crippen molar-refractivity contribution in [1.29, 1.82) is 0 Å². The average molecular weight is 553 g/mol. The van der Waals surface area contributed by atoms with Gasteiger partial charge in [0.05, 0.1) is 64.1 Å². The number of aromatic nitrogens is 2. The number of benzene rings is 1. The number of aryl methyl sites for hydroxylation is 1. The summed E-state index contributed by atoms with van der Waals surface area (Å²) in [6.07, 6.45) is 2.35. The van der Waals surface area contributed by atoms with Crippen LogP contribution in [0.2, 0.25) is 0 Å². The summed E-state index contributed by atoms with van der Waals surface area (Å²) in [5.74, 6) is 1.21. The number of aromatic amines is 1. The van der Waals surface area contributed by atoms with Crippen molar-refractivity contribution in [2.75, 3.05) is 79.3 Å². The molecule has 0 aliphatic carbocycles. The molecule has 0 radical (unpaired) electrons. The van der Waals surface area contributed by atoms with E-state index in [0.717, 1.165) is 23.3 Å². The zero-order valence-electron chi connectivity index (χ0n) is 22.5. The summed E-state index contributed by atoms with van der Waals surface area (Å²) in [5, 5.41) is 0.700. The van der Waals surface area contributed by atoms with Gasteiger partial charge in [-0.25, -0.2) is 9.78 Å². The molecule has 0 bridgehead atoms. The number of carbonyl (C=O) groups excluding carboxylic acids is 1. The minimum atomic E-state index is -0.392. The van der Waals surface area contributed by atoms with Gasteiger partial charge in [-0.15, -0.1) is 0 Å². The van der Waals surface area contributed by atoms with Crippen LogP contribution in [0.3, 0.4) is 0 Å². The van der Waals surface area contributed by atoms with Gasteiger partial charge in [-0.3, -0.25) is 4.79 Å². The lowest BCUT2D eigenvalue weighted by Crippen LogP contribution is -2.37. The highest BCUT2D eigenvalue weighted by Crippen LogP contribution is 2.25. The third-order valence-corrected chi connectivity index (χ3v) is 6.61. The summed E-state index contributed by atoms with van der Waals surface area (Å²) in [7, 11) is 3.30. The van der Waals surface area contributed by atoms with Crippen LogP contribution in [0.1, 0.15) is 16.7 Å². The summed E-state index contributed by atoms with van der Waals surface area (Å²) in [5.41, 5.74) is 8.11. The molecule has 1 amide bonds. The Balaban J connectivity index is 0.000000312. The molecular weight excluding hydrogens is 512 g/mol. The Kier molecular flexibility index (Phi) is 15.6. The molecular formula is C26H40N4O7S. The predicted molar refractivity (Wildman–Crippen MR) is 146 cm³/mol. The SMILES string of the molecule is COCCOCCOCCOCCN.COc1ccc2c(c1)CCN(C(=O)CSc1[nH]c(=O)ncc1C)C2. The van der Waals surface area contributed by atoms with Crippen molar-refractivity contribution in [3.05, 3.63) is 51.6 Å². The summed E-state index contributed by atoms with van der Waals surface area (Å²) in [6, 6.07) is 5.98. The second kappa shape index (κ2) is 18.7. The molecule has 0 unspecified atom stereocenters. The maximum absolute atomic E-state index is 12.5. The normalized spacial score (nSPS) is 12.5. The van der Waals surface area contributed by atoms with E-state index in [1.54, 1.807) is 14.2 Å². The summed E-state index contributed by atoms with van der Waals surface area (Å²) < 4.78 is 25.6. The fourth-order valence-electron chi connectivity index (χ4n) is 3.45. The van der Waals surface area contributed by atoms with Crippen LogP contribution in [0.25, 0.3) is 0 Å². The first kappa shape index (κ1) is 31.7. The van der Waals surface area contributed by atoms with E-state index in [0.29, 0.717) is 76.7 Å². The molecule has 0 atom stereocenters. The molecule has 1 aliphatic heterocycles. The quantitative estimate of drug-likeness (QED) is 0.189. The molecule has 212 valence electrons. The lowest BCUT2D eigenvalue weighted by atomic mass is 9.99. The Labute approximate surface area is 228 Å². The fraction of sp³-hybridized carbons (Fsp3) is 0.577. The fourth-order valence-corrected chi connectivity index (χ4v) is 4.34. The number of amides is 1. The van der Waals surface area contributed by atoms with Gasteiger partial charge in [-0.1, -0.05) is 17.8 Å². The average Bonchev–Trinajstić information content (AvgIpc) is 2.94. The number of fused-ring (bicyclic) bond motifs is 1. The summed E-state index contributed by atoms with van der Waals surface area (Å²) in [4.78, 5) is 32.0. The third kappa shape index (κ3) is 11.9. The summed E-state index contributed by atoms with van der Waals surface area (Å²) in [6.45, 7) is 7.94. The van der Waals surface area contributed by atoms with Gasteiger partial charge in [0.2, 0.25) is 5.91 Å². The zero-order valence-corrected chi connectivity index (χ0v) is 23.3. The first-order valence-electron chi connectivity index (χ1n) is 12.5. The molecule has 11 nitrogen and oxygen atoms in total. The molecule has 0 saturated carbocycles. The van der Waals surface area contributed by atoms with E-state index in [9.17, 15) is 9.59 Å². The molecule has 2 heterocycles. The van der Waals surface area contributed by atoms with E-state index in [1.807, 2.05) is 30.0 Å². The summed E-state index contributed by atoms with van der Waals surface area (Å²) >= 11 is 1.34. The van der Waals surface area contributed by atoms with Crippen molar-refractivity contribution in [2.45, 2.75) is 24.9 Å². The van der Waals surface area contributed by atoms with Crippen molar-refractivity contribution in [2.24, 2.45) is 5.73 Å². The molecule has 1 aromatic carbocycles. The van der Waals surface area contributed by atoms with Gasteiger partial charge >= 0.3 is 5.69 Å². The Morgan fingerprint density at radius 2 is 1.74 bits per heavy atom. The monoisotopic (exact) mass is 552 g/mol. The number of methoxy groups -OCH3 is 2. The lowest BCUT2D eigenvalue weighted by Gasteiger charge is -2.29. The zero-order chi connectivity index (χ0) is 27.6. The van der Waals surface area contributed by atoms with Crippen molar-refractivity contribution >= 4 is 17.7 Å². The molecule has 0 saturated heterocycles.